The van der Waals surface area contributed by atoms with Crippen molar-refractivity contribution in [3.8, 4) is 22.9 Å². The Labute approximate surface area is 215 Å². The SMILES string of the molecule is CCOc1ccc(-c2noc(C3=C(C)N(c4cccc(OC)c4)C(=O)NC3c3ccc(C)cc3)n2)cc1. The molecule has 4 aromatic rings. The molecule has 0 saturated carbocycles. The first-order valence-corrected chi connectivity index (χ1v) is 12.1. The van der Waals surface area contributed by atoms with E-state index in [1.165, 1.54) is 0 Å². The number of hydrogen-bond acceptors (Lipinski definition) is 6. The number of benzene rings is 3. The summed E-state index contributed by atoms with van der Waals surface area (Å²) >= 11 is 0. The van der Waals surface area contributed by atoms with E-state index >= 15 is 0 Å². The van der Waals surface area contributed by atoms with Gasteiger partial charge in [0.05, 0.1) is 31.0 Å². The molecule has 8 heteroatoms. The highest BCUT2D eigenvalue weighted by atomic mass is 16.5. The van der Waals surface area contributed by atoms with E-state index in [1.54, 1.807) is 12.0 Å². The summed E-state index contributed by atoms with van der Waals surface area (Å²) in [5, 5.41) is 7.38. The molecule has 0 fully saturated rings. The molecule has 1 aliphatic rings. The molecule has 0 saturated heterocycles. The fourth-order valence-corrected chi connectivity index (χ4v) is 4.41. The first-order chi connectivity index (χ1) is 18.0. The van der Waals surface area contributed by atoms with Gasteiger partial charge < -0.3 is 19.3 Å². The smallest absolute Gasteiger partial charge is 0.327 e. The van der Waals surface area contributed by atoms with Crippen molar-refractivity contribution in [2.75, 3.05) is 18.6 Å². The Bertz CT molecular complexity index is 1440. The van der Waals surface area contributed by atoms with Crippen LogP contribution in [-0.2, 0) is 0 Å². The average Bonchev–Trinajstić information content (AvgIpc) is 3.39. The van der Waals surface area contributed by atoms with E-state index in [4.69, 9.17) is 19.0 Å². The van der Waals surface area contributed by atoms with Gasteiger partial charge in [0.15, 0.2) is 0 Å². The number of aromatic nitrogens is 2. The standard InChI is InChI=1S/C29H28N4O4/c1-5-36-23-15-13-21(14-16-23)27-31-28(37-32-27)25-19(3)33(22-7-6-8-24(17-22)35-4)29(34)30-26(25)20-11-9-18(2)10-12-20/h6-17,26H,5H2,1-4H3,(H,30,34). The zero-order valence-electron chi connectivity index (χ0n) is 21.2. The monoisotopic (exact) mass is 496 g/mol. The Morgan fingerprint density at radius 2 is 1.76 bits per heavy atom. The van der Waals surface area contributed by atoms with Crippen LogP contribution in [0.2, 0.25) is 0 Å². The number of nitrogens with zero attached hydrogens (tertiary/aromatic N) is 3. The van der Waals surface area contributed by atoms with Gasteiger partial charge in [0.2, 0.25) is 5.82 Å². The van der Waals surface area contributed by atoms with Crippen molar-refractivity contribution < 1.29 is 18.8 Å². The molecular formula is C29H28N4O4. The first kappa shape index (κ1) is 24.1. The third-order valence-electron chi connectivity index (χ3n) is 6.29. The Kier molecular flexibility index (Phi) is 6.64. The molecule has 8 nitrogen and oxygen atoms in total. The number of urea groups is 1. The normalized spacial score (nSPS) is 15.5. The minimum atomic E-state index is -0.469. The molecule has 188 valence electrons. The Hall–Kier alpha value is -4.59. The molecule has 2 heterocycles. The lowest BCUT2D eigenvalue weighted by atomic mass is 9.94. The number of aryl methyl sites for hydroxylation is 1. The number of anilines is 1. The molecule has 0 bridgehead atoms. The lowest BCUT2D eigenvalue weighted by Crippen LogP contribution is -2.46. The molecule has 37 heavy (non-hydrogen) atoms. The van der Waals surface area contributed by atoms with Crippen molar-refractivity contribution in [2.45, 2.75) is 26.8 Å². The van der Waals surface area contributed by atoms with Crippen LogP contribution >= 0.6 is 0 Å². The molecule has 0 spiro atoms. The van der Waals surface area contributed by atoms with Crippen LogP contribution in [0.25, 0.3) is 17.0 Å². The minimum Gasteiger partial charge on any atom is -0.497 e. The van der Waals surface area contributed by atoms with Gasteiger partial charge in [-0.3, -0.25) is 4.90 Å². The van der Waals surface area contributed by atoms with Crippen LogP contribution in [0.3, 0.4) is 0 Å². The second-order valence-corrected chi connectivity index (χ2v) is 8.71. The van der Waals surface area contributed by atoms with Crippen molar-refractivity contribution in [3.05, 3.63) is 95.5 Å². The van der Waals surface area contributed by atoms with Gasteiger partial charge in [0.1, 0.15) is 11.5 Å². The van der Waals surface area contributed by atoms with Gasteiger partial charge in [0, 0.05) is 17.3 Å². The van der Waals surface area contributed by atoms with Crippen molar-refractivity contribution in [1.82, 2.24) is 15.5 Å². The maximum Gasteiger partial charge on any atom is 0.327 e. The summed E-state index contributed by atoms with van der Waals surface area (Å²) in [5.74, 6) is 2.21. The van der Waals surface area contributed by atoms with Crippen molar-refractivity contribution in [2.24, 2.45) is 0 Å². The van der Waals surface area contributed by atoms with Crippen LogP contribution in [0.15, 0.2) is 83.0 Å². The summed E-state index contributed by atoms with van der Waals surface area (Å²) in [6.07, 6.45) is 0. The number of carbonyl (C=O) groups is 1. The van der Waals surface area contributed by atoms with Crippen LogP contribution in [0.5, 0.6) is 11.5 Å². The quantitative estimate of drug-likeness (QED) is 0.330. The molecule has 1 aliphatic heterocycles. The Morgan fingerprint density at radius 1 is 1.00 bits per heavy atom. The molecule has 1 aromatic heterocycles. The van der Waals surface area contributed by atoms with E-state index < -0.39 is 6.04 Å². The molecule has 0 aliphatic carbocycles. The van der Waals surface area contributed by atoms with Gasteiger partial charge >= 0.3 is 6.03 Å². The second-order valence-electron chi connectivity index (χ2n) is 8.71. The van der Waals surface area contributed by atoms with E-state index in [9.17, 15) is 4.79 Å². The largest absolute Gasteiger partial charge is 0.497 e. The zero-order chi connectivity index (χ0) is 25.9. The van der Waals surface area contributed by atoms with E-state index in [1.807, 2.05) is 93.6 Å². The third kappa shape index (κ3) is 4.78. The van der Waals surface area contributed by atoms with Crippen LogP contribution in [0.4, 0.5) is 10.5 Å². The summed E-state index contributed by atoms with van der Waals surface area (Å²) in [4.78, 5) is 19.7. The Balaban J connectivity index is 1.60. The van der Waals surface area contributed by atoms with Crippen LogP contribution in [-0.4, -0.2) is 29.9 Å². The number of amides is 2. The predicted molar refractivity (Wildman–Crippen MR) is 141 cm³/mol. The van der Waals surface area contributed by atoms with Crippen molar-refractivity contribution in [1.29, 1.82) is 0 Å². The van der Waals surface area contributed by atoms with Gasteiger partial charge in [-0.25, -0.2) is 4.79 Å². The first-order valence-electron chi connectivity index (χ1n) is 12.1. The van der Waals surface area contributed by atoms with E-state index in [-0.39, 0.29) is 6.03 Å². The zero-order valence-corrected chi connectivity index (χ0v) is 21.2. The molecule has 0 radical (unpaired) electrons. The molecule has 2 amide bonds. The van der Waals surface area contributed by atoms with Gasteiger partial charge in [-0.1, -0.05) is 41.1 Å². The van der Waals surface area contributed by atoms with Crippen LogP contribution in [0.1, 0.15) is 36.9 Å². The number of nitrogens with one attached hydrogen (secondary N) is 1. The number of rotatable bonds is 7. The second kappa shape index (κ2) is 10.2. The molecule has 5 rings (SSSR count). The van der Waals surface area contributed by atoms with Crippen LogP contribution < -0.4 is 19.7 Å². The number of ether oxygens (including phenoxy) is 2. The van der Waals surface area contributed by atoms with E-state index in [0.29, 0.717) is 35.5 Å². The average molecular weight is 497 g/mol. The Morgan fingerprint density at radius 3 is 2.46 bits per heavy atom. The highest BCUT2D eigenvalue weighted by Gasteiger charge is 2.36. The number of hydrogen-bond donors (Lipinski definition) is 1. The fourth-order valence-electron chi connectivity index (χ4n) is 4.41. The third-order valence-corrected chi connectivity index (χ3v) is 6.29. The predicted octanol–water partition coefficient (Wildman–Crippen LogP) is 6.15. The van der Waals surface area contributed by atoms with Gasteiger partial charge in [0.25, 0.3) is 5.89 Å². The number of allylic oxidation sites excluding steroid dienone is 1. The summed E-state index contributed by atoms with van der Waals surface area (Å²) in [5.41, 5.74) is 4.91. The molecular weight excluding hydrogens is 468 g/mol. The lowest BCUT2D eigenvalue weighted by Gasteiger charge is -2.35. The van der Waals surface area contributed by atoms with Gasteiger partial charge in [-0.2, -0.15) is 4.98 Å². The summed E-state index contributed by atoms with van der Waals surface area (Å²) < 4.78 is 16.7. The summed E-state index contributed by atoms with van der Waals surface area (Å²) in [6, 6.07) is 22.2. The van der Waals surface area contributed by atoms with Crippen molar-refractivity contribution >= 4 is 17.3 Å². The molecule has 1 atom stereocenters. The topological polar surface area (TPSA) is 89.7 Å². The summed E-state index contributed by atoms with van der Waals surface area (Å²) in [6.45, 7) is 6.44. The van der Waals surface area contributed by atoms with Crippen molar-refractivity contribution in [3.63, 3.8) is 0 Å². The van der Waals surface area contributed by atoms with Gasteiger partial charge in [-0.15, -0.1) is 0 Å². The molecule has 3 aromatic carbocycles. The van der Waals surface area contributed by atoms with Crippen LogP contribution in [0, 0.1) is 6.92 Å². The highest BCUT2D eigenvalue weighted by Crippen LogP contribution is 2.39. The fraction of sp³-hybridized carbons (Fsp3) is 0.207. The maximum absolute atomic E-state index is 13.4. The minimum absolute atomic E-state index is 0.258. The highest BCUT2D eigenvalue weighted by molar-refractivity contribution is 6.01. The number of methoxy groups -OCH3 is 1. The molecule has 1 unspecified atom stereocenters. The molecule has 1 N–H and O–H groups in total. The lowest BCUT2D eigenvalue weighted by molar-refractivity contribution is 0.244. The summed E-state index contributed by atoms with van der Waals surface area (Å²) in [7, 11) is 1.60. The van der Waals surface area contributed by atoms with Gasteiger partial charge in [-0.05, 0) is 62.7 Å². The van der Waals surface area contributed by atoms with E-state index in [0.717, 1.165) is 28.0 Å². The van der Waals surface area contributed by atoms with E-state index in [2.05, 4.69) is 10.5 Å². The maximum atomic E-state index is 13.4. The number of carbonyl (C=O) groups excluding carboxylic acids is 1.